The molecule has 0 amide bonds. The van der Waals surface area contributed by atoms with Crippen LogP contribution in [0.5, 0.6) is 0 Å². The summed E-state index contributed by atoms with van der Waals surface area (Å²) in [6.07, 6.45) is 5.15. The van der Waals surface area contributed by atoms with Gasteiger partial charge in [-0.25, -0.2) is 0 Å². The van der Waals surface area contributed by atoms with Crippen molar-refractivity contribution in [2.45, 2.75) is 72.6 Å². The zero-order valence-electron chi connectivity index (χ0n) is 12.5. The van der Waals surface area contributed by atoms with Gasteiger partial charge in [0.25, 0.3) is 0 Å². The van der Waals surface area contributed by atoms with Crippen molar-refractivity contribution in [1.82, 2.24) is 0 Å². The van der Waals surface area contributed by atoms with E-state index < -0.39 is 0 Å². The zero-order chi connectivity index (χ0) is 13.1. The lowest BCUT2D eigenvalue weighted by molar-refractivity contribution is 0.583. The molecular weight excluding hydrogens is 204 g/mol. The molecule has 0 atom stereocenters. The van der Waals surface area contributed by atoms with Crippen molar-refractivity contribution >= 4 is 0 Å². The van der Waals surface area contributed by atoms with Crippen molar-refractivity contribution in [2.75, 3.05) is 0 Å². The van der Waals surface area contributed by atoms with E-state index in [9.17, 15) is 0 Å². The lowest BCUT2D eigenvalue weighted by atomic mass is 9.81. The Balaban J connectivity index is 0.000000686. The first-order valence-corrected chi connectivity index (χ1v) is 7.18. The number of fused-ring (bicyclic) bond motifs is 1. The minimum atomic E-state index is 0.306. The Morgan fingerprint density at radius 2 is 1.59 bits per heavy atom. The monoisotopic (exact) mass is 232 g/mol. The lowest BCUT2D eigenvalue weighted by Crippen LogP contribution is -2.14. The highest BCUT2D eigenvalue weighted by atomic mass is 14.3. The van der Waals surface area contributed by atoms with Gasteiger partial charge in [-0.1, -0.05) is 53.7 Å². The number of rotatable bonds is 1. The molecule has 0 nitrogen and oxygen atoms in total. The van der Waals surface area contributed by atoms with Crippen LogP contribution in [0.1, 0.15) is 70.2 Å². The SMILES string of the molecule is CC.CCc1ccc(C(C)(C)C)c2c1CCC2. The number of aryl methyl sites for hydroxylation is 1. The molecule has 0 bridgehead atoms. The molecular formula is C17H28. The number of hydrogen-bond acceptors (Lipinski definition) is 0. The maximum atomic E-state index is 2.36. The van der Waals surface area contributed by atoms with Crippen LogP contribution < -0.4 is 0 Å². The van der Waals surface area contributed by atoms with Gasteiger partial charge in [-0.3, -0.25) is 0 Å². The van der Waals surface area contributed by atoms with Gasteiger partial charge in [0.2, 0.25) is 0 Å². The topological polar surface area (TPSA) is 0 Å². The van der Waals surface area contributed by atoms with Gasteiger partial charge in [0.1, 0.15) is 0 Å². The first-order valence-electron chi connectivity index (χ1n) is 7.18. The van der Waals surface area contributed by atoms with Gasteiger partial charge in [-0.05, 0) is 53.4 Å². The van der Waals surface area contributed by atoms with E-state index in [-0.39, 0.29) is 0 Å². The molecule has 1 aliphatic carbocycles. The van der Waals surface area contributed by atoms with E-state index in [1.54, 1.807) is 22.3 Å². The highest BCUT2D eigenvalue weighted by Crippen LogP contribution is 2.35. The maximum Gasteiger partial charge on any atom is -0.0129 e. The van der Waals surface area contributed by atoms with E-state index in [1.807, 2.05) is 13.8 Å². The molecule has 0 unspecified atom stereocenters. The van der Waals surface area contributed by atoms with Crippen LogP contribution in [0.15, 0.2) is 12.1 Å². The van der Waals surface area contributed by atoms with E-state index in [0.717, 1.165) is 0 Å². The summed E-state index contributed by atoms with van der Waals surface area (Å²) in [6, 6.07) is 4.72. The van der Waals surface area contributed by atoms with Crippen LogP contribution in [-0.4, -0.2) is 0 Å². The third-order valence-electron chi connectivity index (χ3n) is 3.57. The summed E-state index contributed by atoms with van der Waals surface area (Å²) in [5, 5.41) is 0. The molecule has 1 aromatic rings. The Morgan fingerprint density at radius 3 is 2.12 bits per heavy atom. The molecule has 0 radical (unpaired) electrons. The van der Waals surface area contributed by atoms with Crippen LogP contribution >= 0.6 is 0 Å². The van der Waals surface area contributed by atoms with Crippen LogP contribution in [0.25, 0.3) is 0 Å². The molecule has 0 heterocycles. The predicted octanol–water partition coefficient (Wildman–Crippen LogP) is 5.06. The summed E-state index contributed by atoms with van der Waals surface area (Å²) in [5.74, 6) is 0. The van der Waals surface area contributed by atoms with Gasteiger partial charge >= 0.3 is 0 Å². The number of benzene rings is 1. The molecule has 0 saturated carbocycles. The van der Waals surface area contributed by atoms with Crippen LogP contribution in [0.3, 0.4) is 0 Å². The fourth-order valence-corrected chi connectivity index (χ4v) is 2.81. The van der Waals surface area contributed by atoms with E-state index in [0.29, 0.717) is 5.41 Å². The van der Waals surface area contributed by atoms with E-state index in [2.05, 4.69) is 39.8 Å². The van der Waals surface area contributed by atoms with E-state index in [4.69, 9.17) is 0 Å². The Labute approximate surface area is 107 Å². The number of hydrogen-bond donors (Lipinski definition) is 0. The molecule has 0 N–H and O–H groups in total. The fraction of sp³-hybridized carbons (Fsp3) is 0.647. The first kappa shape index (κ1) is 14.3. The first-order chi connectivity index (χ1) is 8.04. The van der Waals surface area contributed by atoms with Crippen molar-refractivity contribution in [3.8, 4) is 0 Å². The van der Waals surface area contributed by atoms with Gasteiger partial charge in [0, 0.05) is 0 Å². The Morgan fingerprint density at radius 1 is 1.00 bits per heavy atom. The van der Waals surface area contributed by atoms with Crippen LogP contribution in [-0.2, 0) is 24.7 Å². The van der Waals surface area contributed by atoms with Crippen LogP contribution in [0.2, 0.25) is 0 Å². The summed E-state index contributed by atoms with van der Waals surface area (Å²) in [4.78, 5) is 0. The average molecular weight is 232 g/mol. The van der Waals surface area contributed by atoms with Crippen LogP contribution in [0.4, 0.5) is 0 Å². The van der Waals surface area contributed by atoms with Crippen molar-refractivity contribution < 1.29 is 0 Å². The van der Waals surface area contributed by atoms with Gasteiger partial charge < -0.3 is 0 Å². The van der Waals surface area contributed by atoms with Crippen molar-refractivity contribution in [1.29, 1.82) is 0 Å². The van der Waals surface area contributed by atoms with Gasteiger partial charge in [0.05, 0.1) is 0 Å². The smallest absolute Gasteiger partial charge is 0.0129 e. The van der Waals surface area contributed by atoms with Crippen molar-refractivity contribution in [2.24, 2.45) is 0 Å². The second-order valence-electron chi connectivity index (χ2n) is 5.69. The molecule has 2 rings (SSSR count). The molecule has 0 aromatic heterocycles. The van der Waals surface area contributed by atoms with Crippen LogP contribution in [0, 0.1) is 0 Å². The molecule has 1 aromatic carbocycles. The Hall–Kier alpha value is -0.780. The highest BCUT2D eigenvalue weighted by Gasteiger charge is 2.24. The third kappa shape index (κ3) is 2.91. The quantitative estimate of drug-likeness (QED) is 0.635. The second kappa shape index (κ2) is 5.71. The molecule has 0 aliphatic heterocycles. The highest BCUT2D eigenvalue weighted by molar-refractivity contribution is 5.46. The maximum absolute atomic E-state index is 2.36. The molecule has 0 fully saturated rings. The molecule has 17 heavy (non-hydrogen) atoms. The van der Waals surface area contributed by atoms with Crippen molar-refractivity contribution in [3.63, 3.8) is 0 Å². The summed E-state index contributed by atoms with van der Waals surface area (Å²) < 4.78 is 0. The normalized spacial score (nSPS) is 14.0. The summed E-state index contributed by atoms with van der Waals surface area (Å²) in [6.45, 7) is 13.2. The summed E-state index contributed by atoms with van der Waals surface area (Å²) in [7, 11) is 0. The van der Waals surface area contributed by atoms with Gasteiger partial charge in [-0.2, -0.15) is 0 Å². The lowest BCUT2D eigenvalue weighted by Gasteiger charge is -2.24. The summed E-state index contributed by atoms with van der Waals surface area (Å²) >= 11 is 0. The standard InChI is InChI=1S/C15H22.C2H6/c1-5-11-9-10-14(15(2,3)4)13-8-6-7-12(11)13;1-2/h9-10H,5-8H2,1-4H3;1-2H3. The molecule has 0 saturated heterocycles. The predicted molar refractivity (Wildman–Crippen MR) is 77.9 cm³/mol. The van der Waals surface area contributed by atoms with E-state index >= 15 is 0 Å². The molecule has 1 aliphatic rings. The molecule has 96 valence electrons. The van der Waals surface area contributed by atoms with E-state index in [1.165, 1.54) is 25.7 Å². The van der Waals surface area contributed by atoms with Gasteiger partial charge in [0.15, 0.2) is 0 Å². The Bertz CT molecular complexity index is 366. The minimum Gasteiger partial charge on any atom is -0.0683 e. The molecule has 0 heteroatoms. The third-order valence-corrected chi connectivity index (χ3v) is 3.57. The fourth-order valence-electron chi connectivity index (χ4n) is 2.81. The Kier molecular flexibility index (Phi) is 4.80. The largest absolute Gasteiger partial charge is 0.0683 e. The second-order valence-corrected chi connectivity index (χ2v) is 5.69. The summed E-state index contributed by atoms with van der Waals surface area (Å²) in [5.41, 5.74) is 6.80. The average Bonchev–Trinajstić information content (AvgIpc) is 2.77. The zero-order valence-corrected chi connectivity index (χ0v) is 12.5. The molecule has 0 spiro atoms. The van der Waals surface area contributed by atoms with Gasteiger partial charge in [-0.15, -0.1) is 0 Å². The van der Waals surface area contributed by atoms with Crippen molar-refractivity contribution in [3.05, 3.63) is 34.4 Å². The minimum absolute atomic E-state index is 0.306.